The van der Waals surface area contributed by atoms with Crippen LogP contribution in [0.5, 0.6) is 0 Å². The highest BCUT2D eigenvalue weighted by molar-refractivity contribution is 5.94. The number of nitrogens with one attached hydrogen (secondary N) is 3. The quantitative estimate of drug-likeness (QED) is 0.159. The third kappa shape index (κ3) is 7.08. The first kappa shape index (κ1) is 28.8. The van der Waals surface area contributed by atoms with E-state index >= 15 is 0 Å². The van der Waals surface area contributed by atoms with Crippen molar-refractivity contribution in [2.45, 2.75) is 20.3 Å². The molecule has 206 valence electrons. The predicted molar refractivity (Wildman–Crippen MR) is 174 cm³/mol. The van der Waals surface area contributed by atoms with E-state index in [2.05, 4.69) is 75.7 Å². The van der Waals surface area contributed by atoms with Crippen LogP contribution >= 0.6 is 0 Å². The van der Waals surface area contributed by atoms with Crippen LogP contribution in [-0.4, -0.2) is 22.0 Å². The summed E-state index contributed by atoms with van der Waals surface area (Å²) in [6.07, 6.45) is 18.2. The van der Waals surface area contributed by atoms with E-state index in [1.165, 1.54) is 0 Å². The molecule has 3 aromatic heterocycles. The molecule has 41 heavy (non-hydrogen) atoms. The number of hydrogen-bond donors (Lipinski definition) is 3. The van der Waals surface area contributed by atoms with E-state index in [4.69, 9.17) is 0 Å². The summed E-state index contributed by atoms with van der Waals surface area (Å²) in [4.78, 5) is 12.3. The van der Waals surface area contributed by atoms with Gasteiger partial charge in [-0.3, -0.25) is 9.97 Å². The number of allylic oxidation sites excluding steroid dienone is 8. The lowest BCUT2D eigenvalue weighted by molar-refractivity contribution is 0.950. The van der Waals surface area contributed by atoms with Gasteiger partial charge in [-0.1, -0.05) is 68.3 Å². The van der Waals surface area contributed by atoms with Gasteiger partial charge in [0.15, 0.2) is 0 Å². The second-order valence-electron chi connectivity index (χ2n) is 9.53. The Hall–Kier alpha value is -5.16. The van der Waals surface area contributed by atoms with Gasteiger partial charge in [0.1, 0.15) is 0 Å². The van der Waals surface area contributed by atoms with Crippen LogP contribution in [0.15, 0.2) is 152 Å². The van der Waals surface area contributed by atoms with Crippen molar-refractivity contribution in [2.24, 2.45) is 0 Å². The first-order valence-electron chi connectivity index (χ1n) is 13.6. The molecule has 0 atom stereocenters. The SMILES string of the molecule is C=C/C(=C\C(=C/C)C(=C)/C=C(Cc1cc2c(-c3cccnc3)cncc2[nH]1)\C(=C/C)NC)NC(=C)c1ccccc1. The number of nitrogens with zero attached hydrogens (tertiary/aromatic N) is 2. The summed E-state index contributed by atoms with van der Waals surface area (Å²) < 4.78 is 0. The summed E-state index contributed by atoms with van der Waals surface area (Å²) in [6, 6.07) is 16.2. The fraction of sp³-hybridized carbons (Fsp3) is 0.111. The molecule has 0 aliphatic rings. The Balaban J connectivity index is 1.63. The van der Waals surface area contributed by atoms with Gasteiger partial charge in [-0.05, 0) is 66.5 Å². The summed E-state index contributed by atoms with van der Waals surface area (Å²) in [5.41, 5.74) is 10.8. The Morgan fingerprint density at radius 3 is 2.41 bits per heavy atom. The van der Waals surface area contributed by atoms with Crippen LogP contribution in [0.2, 0.25) is 0 Å². The van der Waals surface area contributed by atoms with Gasteiger partial charge in [0, 0.05) is 71.4 Å². The Labute approximate surface area is 243 Å². The number of rotatable bonds is 12. The fourth-order valence-electron chi connectivity index (χ4n) is 4.73. The van der Waals surface area contributed by atoms with E-state index in [9.17, 15) is 0 Å². The molecule has 0 aliphatic heterocycles. The van der Waals surface area contributed by atoms with E-state index in [-0.39, 0.29) is 0 Å². The van der Waals surface area contributed by atoms with Crippen molar-refractivity contribution in [1.82, 2.24) is 25.6 Å². The molecule has 0 spiro atoms. The molecule has 0 amide bonds. The maximum atomic E-state index is 4.46. The first-order valence-corrected chi connectivity index (χ1v) is 13.6. The average molecular weight is 540 g/mol. The number of H-pyrrole nitrogens is 1. The van der Waals surface area contributed by atoms with E-state index in [1.807, 2.05) is 82.0 Å². The number of aromatic amines is 1. The van der Waals surface area contributed by atoms with Crippen LogP contribution in [0.25, 0.3) is 27.7 Å². The Bertz CT molecular complexity index is 1660. The summed E-state index contributed by atoms with van der Waals surface area (Å²) in [5.74, 6) is 0. The fourth-order valence-corrected chi connectivity index (χ4v) is 4.73. The number of pyridine rings is 2. The molecule has 3 N–H and O–H groups in total. The predicted octanol–water partition coefficient (Wildman–Crippen LogP) is 8.05. The van der Waals surface area contributed by atoms with Crippen molar-refractivity contribution in [1.29, 1.82) is 0 Å². The molecule has 3 heterocycles. The molecule has 0 unspecified atom stereocenters. The van der Waals surface area contributed by atoms with Gasteiger partial charge in [0.05, 0.1) is 11.7 Å². The summed E-state index contributed by atoms with van der Waals surface area (Å²) >= 11 is 0. The highest BCUT2D eigenvalue weighted by Crippen LogP contribution is 2.29. The van der Waals surface area contributed by atoms with Crippen molar-refractivity contribution in [3.05, 3.63) is 163 Å². The van der Waals surface area contributed by atoms with Gasteiger partial charge in [-0.25, -0.2) is 0 Å². The maximum absolute atomic E-state index is 4.46. The molecule has 4 rings (SSSR count). The molecular weight excluding hydrogens is 502 g/mol. The minimum atomic E-state index is 0.679. The van der Waals surface area contributed by atoms with Gasteiger partial charge in [-0.15, -0.1) is 0 Å². The third-order valence-electron chi connectivity index (χ3n) is 6.84. The zero-order valence-electron chi connectivity index (χ0n) is 24.0. The molecule has 0 fully saturated rings. The van der Waals surface area contributed by atoms with E-state index in [0.717, 1.165) is 67.1 Å². The lowest BCUT2D eigenvalue weighted by Gasteiger charge is -2.14. The van der Waals surface area contributed by atoms with Gasteiger partial charge >= 0.3 is 0 Å². The summed E-state index contributed by atoms with van der Waals surface area (Å²) in [5, 5.41) is 7.84. The monoisotopic (exact) mass is 539 g/mol. The van der Waals surface area contributed by atoms with Crippen molar-refractivity contribution in [3.63, 3.8) is 0 Å². The minimum absolute atomic E-state index is 0.679. The van der Waals surface area contributed by atoms with Crippen LogP contribution in [0.3, 0.4) is 0 Å². The van der Waals surface area contributed by atoms with Crippen molar-refractivity contribution in [2.75, 3.05) is 7.05 Å². The van der Waals surface area contributed by atoms with Gasteiger partial charge in [-0.2, -0.15) is 0 Å². The van der Waals surface area contributed by atoms with Crippen LogP contribution < -0.4 is 10.6 Å². The van der Waals surface area contributed by atoms with Crippen molar-refractivity contribution >= 4 is 16.6 Å². The molecule has 4 aromatic rings. The van der Waals surface area contributed by atoms with Gasteiger partial charge < -0.3 is 15.6 Å². The standard InChI is InChI=1S/C36H37N5/c1-7-27(19-31(8-2)40-26(5)28-14-11-10-12-15-28)25(4)18-30(35(9-3)37-6)20-32-21-33-34(23-39-24-36(33)41-32)29-16-13-17-38-22-29/h7-19,21-24,37,40-41H,2,4-5,20H2,1,3,6H3/b27-7+,30-18-,31-19+,35-9+. The number of aromatic nitrogens is 3. The number of likely N-dealkylation sites (N-methyl/N-ethyl adjacent to an activating group) is 1. The van der Waals surface area contributed by atoms with Gasteiger partial charge in [0.2, 0.25) is 0 Å². The lowest BCUT2D eigenvalue weighted by Crippen LogP contribution is -2.11. The first-order chi connectivity index (χ1) is 20.0. The average Bonchev–Trinajstić information content (AvgIpc) is 3.43. The molecule has 1 aromatic carbocycles. The number of fused-ring (bicyclic) bond motifs is 1. The van der Waals surface area contributed by atoms with Gasteiger partial charge in [0.25, 0.3) is 0 Å². The smallest absolute Gasteiger partial charge is 0.0648 e. The molecule has 0 aliphatic carbocycles. The molecule has 0 saturated carbocycles. The largest absolute Gasteiger partial charge is 0.388 e. The second kappa shape index (κ2) is 13.8. The van der Waals surface area contributed by atoms with Crippen LogP contribution in [-0.2, 0) is 6.42 Å². The van der Waals surface area contributed by atoms with Crippen molar-refractivity contribution in [3.8, 4) is 11.1 Å². The Kier molecular flexibility index (Phi) is 9.68. The molecule has 5 heteroatoms. The van der Waals surface area contributed by atoms with E-state index in [1.54, 1.807) is 12.3 Å². The maximum Gasteiger partial charge on any atom is 0.0648 e. The zero-order valence-corrected chi connectivity index (χ0v) is 24.0. The normalized spacial score (nSPS) is 12.8. The number of benzene rings is 1. The zero-order chi connectivity index (χ0) is 29.2. The molecule has 0 radical (unpaired) electrons. The third-order valence-corrected chi connectivity index (χ3v) is 6.84. The minimum Gasteiger partial charge on any atom is -0.388 e. The van der Waals surface area contributed by atoms with E-state index in [0.29, 0.717) is 6.42 Å². The van der Waals surface area contributed by atoms with Crippen molar-refractivity contribution < 1.29 is 0 Å². The summed E-state index contributed by atoms with van der Waals surface area (Å²) in [7, 11) is 1.94. The summed E-state index contributed by atoms with van der Waals surface area (Å²) in [6.45, 7) is 16.7. The van der Waals surface area contributed by atoms with Crippen LogP contribution in [0, 0.1) is 0 Å². The molecule has 5 nitrogen and oxygen atoms in total. The molecule has 0 bridgehead atoms. The lowest BCUT2D eigenvalue weighted by atomic mass is 9.98. The molecule has 0 saturated heterocycles. The van der Waals surface area contributed by atoms with E-state index < -0.39 is 0 Å². The van der Waals surface area contributed by atoms with Crippen LogP contribution in [0.4, 0.5) is 0 Å². The second-order valence-corrected chi connectivity index (χ2v) is 9.53. The van der Waals surface area contributed by atoms with Crippen LogP contribution in [0.1, 0.15) is 25.1 Å². The topological polar surface area (TPSA) is 65.6 Å². The highest BCUT2D eigenvalue weighted by Gasteiger charge is 2.12. The molecular formula is C36H37N5. The Morgan fingerprint density at radius 2 is 1.76 bits per heavy atom. The Morgan fingerprint density at radius 1 is 0.951 bits per heavy atom. The highest BCUT2D eigenvalue weighted by atomic mass is 14.9. The number of hydrogen-bond acceptors (Lipinski definition) is 4.